The van der Waals surface area contributed by atoms with Crippen LogP contribution in [-0.2, 0) is 5.41 Å². The van der Waals surface area contributed by atoms with Crippen LogP contribution in [0.15, 0.2) is 491 Å². The molecule has 29 aromatic rings. The lowest BCUT2D eigenvalue weighted by molar-refractivity contribution is 0.660. The second kappa shape index (κ2) is 33.2. The van der Waals surface area contributed by atoms with Crippen LogP contribution in [0, 0.1) is 20.8 Å². The maximum Gasteiger partial charge on any atom is 0.0627 e. The lowest BCUT2D eigenvalue weighted by Gasteiger charge is -2.22. The van der Waals surface area contributed by atoms with Gasteiger partial charge in [0.2, 0.25) is 0 Å². The van der Waals surface area contributed by atoms with E-state index in [1.165, 1.54) is 269 Å². The molecule has 6 aromatic heterocycles. The molecule has 0 radical (unpaired) electrons. The van der Waals surface area contributed by atoms with Crippen molar-refractivity contribution in [2.45, 2.75) is 40.0 Å². The second-order valence-electron chi connectivity index (χ2n) is 39.5. The van der Waals surface area contributed by atoms with Gasteiger partial charge in [-0.1, -0.05) is 413 Å². The van der Waals surface area contributed by atoms with Crippen LogP contribution in [0.3, 0.4) is 0 Å². The molecule has 1 aliphatic carbocycles. The first-order valence-electron chi connectivity index (χ1n) is 50.1. The molecule has 0 saturated heterocycles. The fourth-order valence-electron chi connectivity index (χ4n) is 24.3. The maximum atomic E-state index is 2.53. The minimum Gasteiger partial charge on any atom is -0.309 e. The van der Waals surface area contributed by atoms with Gasteiger partial charge < -0.3 is 27.4 Å². The van der Waals surface area contributed by atoms with Crippen molar-refractivity contribution < 1.29 is 0 Å². The van der Waals surface area contributed by atoms with Gasteiger partial charge in [-0.25, -0.2) is 0 Å². The summed E-state index contributed by atoms with van der Waals surface area (Å²) >= 11 is 0. The molecule has 0 N–H and O–H groups in total. The van der Waals surface area contributed by atoms with Gasteiger partial charge in [0.15, 0.2) is 0 Å². The highest BCUT2D eigenvalue weighted by atomic mass is 15.0. The number of hydrogen-bond donors (Lipinski definition) is 0. The molecule has 0 unspecified atom stereocenters. The summed E-state index contributed by atoms with van der Waals surface area (Å²) < 4.78 is 14.9. The van der Waals surface area contributed by atoms with E-state index in [4.69, 9.17) is 0 Å². The lowest BCUT2D eigenvalue weighted by atomic mass is 9.82. The Morgan fingerprint density at radius 3 is 0.660 bits per heavy atom. The third-order valence-corrected chi connectivity index (χ3v) is 30.9. The maximum absolute atomic E-state index is 2.53. The molecule has 30 rings (SSSR count). The number of nitrogens with zero attached hydrogens (tertiary/aromatic N) is 6. The second-order valence-corrected chi connectivity index (χ2v) is 39.5. The molecule has 1 aliphatic rings. The van der Waals surface area contributed by atoms with E-state index in [9.17, 15) is 0 Å². The molecule has 0 bridgehead atoms. The van der Waals surface area contributed by atoms with Crippen LogP contribution in [0.5, 0.6) is 0 Å². The Kier molecular flexibility index (Phi) is 19.3. The zero-order valence-corrected chi connectivity index (χ0v) is 80.4. The molecule has 0 saturated carbocycles. The van der Waals surface area contributed by atoms with Gasteiger partial charge in [0, 0.05) is 136 Å². The summed E-state index contributed by atoms with van der Waals surface area (Å²) in [5.74, 6) is 0. The number of hydrogen-bond acceptors (Lipinski definition) is 0. The van der Waals surface area contributed by atoms with Crippen LogP contribution in [0.1, 0.15) is 41.7 Å². The van der Waals surface area contributed by atoms with Crippen LogP contribution in [0.2, 0.25) is 0 Å². The Morgan fingerprint density at radius 1 is 0.146 bits per heavy atom. The molecule has 6 heteroatoms. The summed E-state index contributed by atoms with van der Waals surface area (Å²) in [6.07, 6.45) is 0. The molecule has 0 atom stereocenters. The first-order valence-corrected chi connectivity index (χ1v) is 50.1. The minimum atomic E-state index is -0.0719. The Hall–Kier alpha value is -18.4. The summed E-state index contributed by atoms with van der Waals surface area (Å²) in [4.78, 5) is 0. The van der Waals surface area contributed by atoms with Gasteiger partial charge in [0.25, 0.3) is 0 Å². The number of rotatable bonds is 10. The topological polar surface area (TPSA) is 29.6 Å². The average Bonchev–Trinajstić information content (AvgIpc) is 1.53. The highest BCUT2D eigenvalue weighted by molar-refractivity contribution is 6.41. The monoisotopic (exact) mass is 1840 g/mol. The van der Waals surface area contributed by atoms with E-state index in [0.717, 1.165) is 11.4 Å². The molecule has 6 nitrogen and oxygen atoms in total. The van der Waals surface area contributed by atoms with E-state index in [2.05, 4.69) is 553 Å². The lowest BCUT2D eigenvalue weighted by Crippen LogP contribution is -2.15. The molecule has 144 heavy (non-hydrogen) atoms. The SMILES string of the molecule is Cc1ccc(-n2c3ccccc3c3c4c5ccccc5n(-c5ccc(-c6ccc(-c7ccccc7)cc6)cc5)c4c4ccccc4c32)cc1.Cc1ccc(-n2c3ccccc3c3c4c5ccccc5n(-c5ccc6c(c5)C(C)(C)c5ccccc5-6)c4c4ccccc4c32)cc1.Cc1ccc(-n2c3ccccc3c3c4c5ccccc5n(-c5cccc(-c6ccc(-c7ccccc7)cc6)c5)c4c4ccccc4c32)cc1. The minimum absolute atomic E-state index is 0.0719. The number of benzene rings is 23. The van der Waals surface area contributed by atoms with Crippen molar-refractivity contribution in [2.24, 2.45) is 0 Å². The standard InChI is InChI=1S/2C47H32N2.C44H32N2/c1-31-22-28-36(29-23-31)48-42-20-9-7-18-40(42)44-45-41-19-8-10-21-43(41)49(47(45)39-17-6-5-16-38(39)46(44)48)37-15-11-14-35(30-37)34-26-24-33(25-27-34)32-12-3-2-4-13-32;1-31-19-27-36(28-20-31)48-42-17-9-7-15-40(42)44-45-41-16-8-10-18-43(41)49(47(45)39-14-6-5-13-38(39)46(44)48)37-29-25-35(26-30-37)34-23-21-33(22-24-34)32-11-3-2-4-12-32;1-27-20-22-28(23-21-27)45-38-18-10-7-15-34(38)40-41-35-16-8-11-19-39(35)46(43(41)33-14-5-4-13-32(33)42(40)45)29-24-25-31-30-12-6-9-17-36(30)44(2,3)37(31)26-29/h2*2-30H,1H3;4-26H,1-3H3. The van der Waals surface area contributed by atoms with Gasteiger partial charge in [-0.05, 0) is 197 Å². The number of para-hydroxylation sites is 6. The van der Waals surface area contributed by atoms with Gasteiger partial charge in [-0.2, -0.15) is 0 Å². The molecule has 0 fully saturated rings. The van der Waals surface area contributed by atoms with E-state index >= 15 is 0 Å². The zero-order valence-electron chi connectivity index (χ0n) is 80.4. The van der Waals surface area contributed by atoms with Gasteiger partial charge >= 0.3 is 0 Å². The summed E-state index contributed by atoms with van der Waals surface area (Å²) in [5.41, 5.74) is 40.9. The van der Waals surface area contributed by atoms with Crippen LogP contribution in [0.25, 0.3) is 253 Å². The summed E-state index contributed by atoms with van der Waals surface area (Å²) in [7, 11) is 0. The molecule has 0 amide bonds. The zero-order chi connectivity index (χ0) is 95.7. The van der Waals surface area contributed by atoms with Crippen molar-refractivity contribution in [1.82, 2.24) is 27.4 Å². The van der Waals surface area contributed by atoms with E-state index in [1.54, 1.807) is 0 Å². The first-order chi connectivity index (χ1) is 71.0. The number of fused-ring (bicyclic) bond motifs is 33. The third kappa shape index (κ3) is 13.0. The van der Waals surface area contributed by atoms with Crippen molar-refractivity contribution in [3.8, 4) is 89.8 Å². The van der Waals surface area contributed by atoms with Gasteiger partial charge in [0.05, 0.1) is 66.2 Å². The van der Waals surface area contributed by atoms with Crippen LogP contribution >= 0.6 is 0 Å². The number of aryl methyl sites for hydroxylation is 3. The van der Waals surface area contributed by atoms with Crippen molar-refractivity contribution in [2.75, 3.05) is 0 Å². The van der Waals surface area contributed by atoms with Crippen molar-refractivity contribution in [3.63, 3.8) is 0 Å². The van der Waals surface area contributed by atoms with Crippen molar-refractivity contribution >= 4 is 163 Å². The highest BCUT2D eigenvalue weighted by Crippen LogP contribution is 2.55. The average molecular weight is 1840 g/mol. The van der Waals surface area contributed by atoms with E-state index < -0.39 is 0 Å². The summed E-state index contributed by atoms with van der Waals surface area (Å²) in [6.45, 7) is 11.2. The Bertz CT molecular complexity index is 10300. The molecular formula is C138H96N6. The number of aromatic nitrogens is 6. The van der Waals surface area contributed by atoms with Crippen molar-refractivity contribution in [3.05, 3.63) is 519 Å². The smallest absolute Gasteiger partial charge is 0.0627 e. The Morgan fingerprint density at radius 2 is 0.354 bits per heavy atom. The highest BCUT2D eigenvalue weighted by Gasteiger charge is 2.37. The quantitative estimate of drug-likeness (QED) is 0.131. The largest absolute Gasteiger partial charge is 0.309 e. The van der Waals surface area contributed by atoms with Gasteiger partial charge in [-0.3, -0.25) is 0 Å². The van der Waals surface area contributed by atoms with Gasteiger partial charge in [0.1, 0.15) is 0 Å². The molecule has 23 aromatic carbocycles. The van der Waals surface area contributed by atoms with E-state index in [0.29, 0.717) is 0 Å². The third-order valence-electron chi connectivity index (χ3n) is 30.9. The fourth-order valence-corrected chi connectivity index (χ4v) is 24.3. The molecular weight excluding hydrogens is 1740 g/mol. The summed E-state index contributed by atoms with van der Waals surface area (Å²) in [6, 6.07) is 180. The fraction of sp³-hybridized carbons (Fsp3) is 0.0435. The first kappa shape index (κ1) is 83.8. The Labute approximate surface area is 833 Å². The van der Waals surface area contributed by atoms with Crippen LogP contribution < -0.4 is 0 Å². The summed E-state index contributed by atoms with van der Waals surface area (Å²) in [5, 5.41) is 23.0. The molecule has 0 spiro atoms. The van der Waals surface area contributed by atoms with Gasteiger partial charge in [-0.15, -0.1) is 0 Å². The molecule has 678 valence electrons. The Balaban J connectivity index is 0.000000105. The van der Waals surface area contributed by atoms with Crippen LogP contribution in [-0.4, -0.2) is 27.4 Å². The predicted molar refractivity (Wildman–Crippen MR) is 611 cm³/mol. The molecule has 0 aliphatic heterocycles. The van der Waals surface area contributed by atoms with E-state index in [1.807, 2.05) is 0 Å². The van der Waals surface area contributed by atoms with Crippen LogP contribution in [0.4, 0.5) is 0 Å². The predicted octanol–water partition coefficient (Wildman–Crippen LogP) is 37.0. The van der Waals surface area contributed by atoms with E-state index in [-0.39, 0.29) is 5.41 Å². The normalized spacial score (nSPS) is 12.4. The van der Waals surface area contributed by atoms with Crippen molar-refractivity contribution in [1.29, 1.82) is 0 Å². The molecule has 6 heterocycles.